The molecule has 2 aliphatic rings. The highest BCUT2D eigenvalue weighted by Crippen LogP contribution is 2.38. The Labute approximate surface area is 151 Å². The lowest BCUT2D eigenvalue weighted by molar-refractivity contribution is -0.00978. The molecule has 1 amide bonds. The van der Waals surface area contributed by atoms with E-state index >= 15 is 0 Å². The van der Waals surface area contributed by atoms with Crippen molar-refractivity contribution in [3.63, 3.8) is 0 Å². The van der Waals surface area contributed by atoms with Gasteiger partial charge in [0.05, 0.1) is 17.7 Å². The van der Waals surface area contributed by atoms with Crippen LogP contribution in [0.5, 0.6) is 0 Å². The van der Waals surface area contributed by atoms with Gasteiger partial charge in [0.2, 0.25) is 0 Å². The van der Waals surface area contributed by atoms with Crippen molar-refractivity contribution in [3.8, 4) is 6.07 Å². The van der Waals surface area contributed by atoms with Crippen LogP contribution < -0.4 is 0 Å². The summed E-state index contributed by atoms with van der Waals surface area (Å²) in [5.41, 5.74) is 1.17. The Bertz CT molecular complexity index is 812. The van der Waals surface area contributed by atoms with Crippen molar-refractivity contribution in [2.75, 3.05) is 13.1 Å². The van der Waals surface area contributed by atoms with E-state index < -0.39 is 0 Å². The van der Waals surface area contributed by atoms with Crippen LogP contribution in [-0.2, 0) is 11.3 Å². The summed E-state index contributed by atoms with van der Waals surface area (Å²) in [5.74, 6) is 1.80. The zero-order chi connectivity index (χ0) is 17.9. The van der Waals surface area contributed by atoms with E-state index in [9.17, 15) is 4.79 Å². The van der Waals surface area contributed by atoms with Crippen LogP contribution in [0.25, 0.3) is 0 Å². The average molecular weight is 352 g/mol. The lowest BCUT2D eigenvalue weighted by Gasteiger charge is -2.31. The summed E-state index contributed by atoms with van der Waals surface area (Å²) in [4.78, 5) is 18.7. The Morgan fingerprint density at radius 1 is 1.23 bits per heavy atom. The molecule has 0 radical (unpaired) electrons. The zero-order valence-electron chi connectivity index (χ0n) is 14.4. The van der Waals surface area contributed by atoms with Gasteiger partial charge in [-0.3, -0.25) is 4.79 Å². The Kier molecular flexibility index (Phi) is 4.67. The molecule has 7 nitrogen and oxygen atoms in total. The second kappa shape index (κ2) is 7.26. The molecule has 4 rings (SSSR count). The predicted octanol–water partition coefficient (Wildman–Crippen LogP) is 2.64. The molecular weight excluding hydrogens is 332 g/mol. The second-order valence-corrected chi connectivity index (χ2v) is 6.81. The first-order chi connectivity index (χ1) is 12.7. The van der Waals surface area contributed by atoms with E-state index in [1.165, 1.54) is 0 Å². The number of nitriles is 1. The van der Waals surface area contributed by atoms with Gasteiger partial charge in [-0.15, -0.1) is 0 Å². The number of likely N-dealkylation sites (tertiary alicyclic amines) is 1. The number of hydrogen-bond acceptors (Lipinski definition) is 6. The largest absolute Gasteiger partial charge is 0.368 e. The van der Waals surface area contributed by atoms with Crippen molar-refractivity contribution in [1.82, 2.24) is 15.0 Å². The van der Waals surface area contributed by atoms with Gasteiger partial charge in [0.25, 0.3) is 11.8 Å². The minimum absolute atomic E-state index is 0.00100. The lowest BCUT2D eigenvalue weighted by atomic mass is 10.1. The number of nitrogens with zero attached hydrogens (tertiary/aromatic N) is 4. The number of ether oxygens (including phenoxy) is 1. The van der Waals surface area contributed by atoms with E-state index in [0.29, 0.717) is 42.6 Å². The number of aromatic nitrogens is 2. The van der Waals surface area contributed by atoms with Gasteiger partial charge in [-0.2, -0.15) is 10.2 Å². The maximum Gasteiger partial charge on any atom is 0.253 e. The van der Waals surface area contributed by atoms with Crippen LogP contribution in [0.15, 0.2) is 28.8 Å². The summed E-state index contributed by atoms with van der Waals surface area (Å²) in [6.45, 7) is 1.63. The van der Waals surface area contributed by atoms with Crippen LogP contribution >= 0.6 is 0 Å². The Morgan fingerprint density at radius 2 is 1.96 bits per heavy atom. The Morgan fingerprint density at radius 3 is 2.62 bits per heavy atom. The highest BCUT2D eigenvalue weighted by Gasteiger charge is 2.29. The van der Waals surface area contributed by atoms with Gasteiger partial charge in [-0.05, 0) is 49.9 Å². The number of piperidine rings is 1. The third kappa shape index (κ3) is 3.75. The zero-order valence-corrected chi connectivity index (χ0v) is 14.4. The van der Waals surface area contributed by atoms with E-state index in [-0.39, 0.29) is 12.0 Å². The molecule has 0 atom stereocenters. The highest BCUT2D eigenvalue weighted by molar-refractivity contribution is 5.94. The fourth-order valence-corrected chi connectivity index (χ4v) is 3.12. The molecule has 0 unspecified atom stereocenters. The van der Waals surface area contributed by atoms with Crippen LogP contribution in [-0.4, -0.2) is 40.1 Å². The number of hydrogen-bond donors (Lipinski definition) is 0. The fourth-order valence-electron chi connectivity index (χ4n) is 3.12. The predicted molar refractivity (Wildman–Crippen MR) is 91.1 cm³/mol. The number of rotatable bonds is 5. The number of amides is 1. The second-order valence-electron chi connectivity index (χ2n) is 6.81. The van der Waals surface area contributed by atoms with E-state index in [0.717, 1.165) is 31.5 Å². The van der Waals surface area contributed by atoms with Crippen molar-refractivity contribution < 1.29 is 14.1 Å². The van der Waals surface area contributed by atoms with Crippen LogP contribution in [0.2, 0.25) is 0 Å². The van der Waals surface area contributed by atoms with Crippen molar-refractivity contribution in [2.24, 2.45) is 0 Å². The molecule has 1 aromatic heterocycles. The monoisotopic (exact) mass is 352 g/mol. The molecule has 134 valence electrons. The van der Waals surface area contributed by atoms with Crippen molar-refractivity contribution >= 4 is 5.91 Å². The maximum absolute atomic E-state index is 12.5. The molecule has 1 saturated carbocycles. The van der Waals surface area contributed by atoms with E-state index in [1.807, 2.05) is 4.90 Å². The van der Waals surface area contributed by atoms with Crippen LogP contribution in [0.3, 0.4) is 0 Å². The highest BCUT2D eigenvalue weighted by atomic mass is 16.5. The van der Waals surface area contributed by atoms with Gasteiger partial charge in [0.1, 0.15) is 6.61 Å². The maximum atomic E-state index is 12.5. The first-order valence-electron chi connectivity index (χ1n) is 8.96. The summed E-state index contributed by atoms with van der Waals surface area (Å²) >= 11 is 0. The summed E-state index contributed by atoms with van der Waals surface area (Å²) in [6.07, 6.45) is 3.95. The molecule has 0 bridgehead atoms. The molecule has 0 N–H and O–H groups in total. The van der Waals surface area contributed by atoms with Gasteiger partial charge in [0, 0.05) is 24.6 Å². The normalized spacial score (nSPS) is 17.9. The smallest absolute Gasteiger partial charge is 0.253 e. The molecule has 2 aromatic rings. The molecule has 26 heavy (non-hydrogen) atoms. The summed E-state index contributed by atoms with van der Waals surface area (Å²) in [5, 5.41) is 12.8. The van der Waals surface area contributed by atoms with E-state index in [4.69, 9.17) is 14.5 Å². The SMILES string of the molecule is N#Cc1ccc(C(=O)N2CCC(OCc3nc(C4CC4)no3)CC2)cc1. The molecule has 7 heteroatoms. The molecule has 2 fully saturated rings. The average Bonchev–Trinajstić information content (AvgIpc) is 3.44. The number of carbonyl (C=O) groups excluding carboxylic acids is 1. The third-order valence-corrected chi connectivity index (χ3v) is 4.86. The van der Waals surface area contributed by atoms with Gasteiger partial charge in [-0.1, -0.05) is 5.16 Å². The fraction of sp³-hybridized carbons (Fsp3) is 0.474. The van der Waals surface area contributed by atoms with Gasteiger partial charge in [0.15, 0.2) is 5.82 Å². The molecule has 2 heterocycles. The molecule has 1 aromatic carbocycles. The molecular formula is C19H20N4O3. The summed E-state index contributed by atoms with van der Waals surface area (Å²) < 4.78 is 11.1. The standard InChI is InChI=1S/C19H20N4O3/c20-11-13-1-3-15(4-2-13)19(24)23-9-7-16(8-10-23)25-12-17-21-18(22-26-17)14-5-6-14/h1-4,14,16H,5-10,12H2. The Balaban J connectivity index is 1.25. The minimum Gasteiger partial charge on any atom is -0.368 e. The topological polar surface area (TPSA) is 92.2 Å². The first-order valence-corrected chi connectivity index (χ1v) is 8.96. The van der Waals surface area contributed by atoms with Gasteiger partial charge >= 0.3 is 0 Å². The molecule has 1 aliphatic carbocycles. The van der Waals surface area contributed by atoms with Crippen molar-refractivity contribution in [2.45, 2.75) is 44.3 Å². The third-order valence-electron chi connectivity index (χ3n) is 4.86. The number of benzene rings is 1. The van der Waals surface area contributed by atoms with E-state index in [2.05, 4.69) is 16.2 Å². The van der Waals surface area contributed by atoms with Gasteiger partial charge < -0.3 is 14.2 Å². The van der Waals surface area contributed by atoms with Crippen molar-refractivity contribution in [3.05, 3.63) is 47.1 Å². The number of carbonyl (C=O) groups is 1. The molecule has 1 saturated heterocycles. The van der Waals surface area contributed by atoms with E-state index in [1.54, 1.807) is 24.3 Å². The molecule has 1 aliphatic heterocycles. The van der Waals surface area contributed by atoms with Crippen molar-refractivity contribution in [1.29, 1.82) is 5.26 Å². The van der Waals surface area contributed by atoms with Gasteiger partial charge in [-0.25, -0.2) is 0 Å². The van der Waals surface area contributed by atoms with Crippen LogP contribution in [0, 0.1) is 11.3 Å². The summed E-state index contributed by atoms with van der Waals surface area (Å²) in [6, 6.07) is 8.81. The first kappa shape index (κ1) is 16.7. The van der Waals surface area contributed by atoms with Crippen LogP contribution in [0.4, 0.5) is 0 Å². The Hall–Kier alpha value is -2.72. The molecule has 0 spiro atoms. The minimum atomic E-state index is -0.00100. The lowest BCUT2D eigenvalue weighted by Crippen LogP contribution is -2.40. The quantitative estimate of drug-likeness (QED) is 0.821. The van der Waals surface area contributed by atoms with Crippen LogP contribution in [0.1, 0.15) is 59.2 Å². The summed E-state index contributed by atoms with van der Waals surface area (Å²) in [7, 11) is 0.